The summed E-state index contributed by atoms with van der Waals surface area (Å²) in [6.07, 6.45) is 2.71. The van der Waals surface area contributed by atoms with E-state index in [0.29, 0.717) is 39.3 Å². The summed E-state index contributed by atoms with van der Waals surface area (Å²) in [5.74, 6) is 0.394. The number of anilines is 3. The van der Waals surface area contributed by atoms with Crippen LogP contribution in [-0.2, 0) is 0 Å². The Morgan fingerprint density at radius 3 is 2.45 bits per heavy atom. The maximum Gasteiger partial charge on any atom is 0.282 e. The Hall–Kier alpha value is -4.27. The highest BCUT2D eigenvalue weighted by atomic mass is 35.5. The van der Waals surface area contributed by atoms with Gasteiger partial charge >= 0.3 is 0 Å². The molecule has 0 radical (unpaired) electrons. The molecule has 42 heavy (non-hydrogen) atoms. The van der Waals surface area contributed by atoms with Gasteiger partial charge in [-0.25, -0.2) is 9.97 Å². The first kappa shape index (κ1) is 27.9. The van der Waals surface area contributed by atoms with E-state index in [-0.39, 0.29) is 5.56 Å². The third-order valence-corrected chi connectivity index (χ3v) is 8.14. The first-order chi connectivity index (χ1) is 20.4. The highest BCUT2D eigenvalue weighted by Crippen LogP contribution is 2.29. The first-order valence-corrected chi connectivity index (χ1v) is 14.7. The molecule has 0 spiro atoms. The molecule has 3 heterocycles. The van der Waals surface area contributed by atoms with Crippen molar-refractivity contribution in [1.82, 2.24) is 24.6 Å². The van der Waals surface area contributed by atoms with Crippen molar-refractivity contribution in [2.75, 3.05) is 36.4 Å². The molecule has 0 saturated carbocycles. The number of fused-ring (bicyclic) bond motifs is 1. The van der Waals surface area contributed by atoms with Crippen molar-refractivity contribution < 1.29 is 0 Å². The van der Waals surface area contributed by atoms with Gasteiger partial charge in [-0.2, -0.15) is 9.78 Å². The van der Waals surface area contributed by atoms with Crippen LogP contribution < -0.4 is 15.8 Å². The molecular formula is C33H34ClN7O. The van der Waals surface area contributed by atoms with E-state index in [9.17, 15) is 4.79 Å². The Morgan fingerprint density at radius 2 is 1.69 bits per heavy atom. The van der Waals surface area contributed by atoms with E-state index in [1.807, 2.05) is 42.5 Å². The quantitative estimate of drug-likeness (QED) is 0.247. The molecule has 5 aromatic rings. The Kier molecular flexibility index (Phi) is 7.91. The molecule has 8 nitrogen and oxygen atoms in total. The standard InChI is InChI=1S/C33H34ClN7O/c1-22(2)39-16-9-17-40(19-18-39)28-15-14-25(20-23(28)3)36-33-35-21-26-31(37-33)30(24-10-5-4-6-11-24)38-41(32(26)42)29-13-8-7-12-27(29)34/h4-8,10-15,20-22H,9,16-19H2,1-3H3,(H,35,36,37). The summed E-state index contributed by atoms with van der Waals surface area (Å²) < 4.78 is 1.33. The molecule has 0 unspecified atom stereocenters. The summed E-state index contributed by atoms with van der Waals surface area (Å²) in [7, 11) is 0. The van der Waals surface area contributed by atoms with E-state index in [1.54, 1.807) is 18.3 Å². The summed E-state index contributed by atoms with van der Waals surface area (Å²) in [6, 6.07) is 23.8. The zero-order valence-corrected chi connectivity index (χ0v) is 24.8. The van der Waals surface area contributed by atoms with Crippen molar-refractivity contribution in [2.24, 2.45) is 0 Å². The van der Waals surface area contributed by atoms with Gasteiger partial charge in [0.2, 0.25) is 5.95 Å². The van der Waals surface area contributed by atoms with Gasteiger partial charge in [-0.05, 0) is 63.1 Å². The van der Waals surface area contributed by atoms with Gasteiger partial charge in [0.1, 0.15) is 11.2 Å². The minimum absolute atomic E-state index is 0.335. The molecule has 1 aliphatic heterocycles. The number of nitrogens with zero attached hydrogens (tertiary/aromatic N) is 6. The van der Waals surface area contributed by atoms with Crippen LogP contribution in [0.2, 0.25) is 5.02 Å². The minimum Gasteiger partial charge on any atom is -0.370 e. The molecule has 0 atom stereocenters. The second-order valence-corrected chi connectivity index (χ2v) is 11.3. The number of hydrogen-bond acceptors (Lipinski definition) is 7. The van der Waals surface area contributed by atoms with Gasteiger partial charge in [-0.3, -0.25) is 9.69 Å². The van der Waals surface area contributed by atoms with Gasteiger partial charge < -0.3 is 10.2 Å². The molecule has 1 aliphatic rings. The molecule has 214 valence electrons. The monoisotopic (exact) mass is 579 g/mol. The number of benzene rings is 3. The second-order valence-electron chi connectivity index (χ2n) is 10.9. The topological polar surface area (TPSA) is 79.2 Å². The lowest BCUT2D eigenvalue weighted by Gasteiger charge is -2.27. The smallest absolute Gasteiger partial charge is 0.282 e. The normalized spacial score (nSPS) is 14.4. The number of aryl methyl sites for hydroxylation is 1. The Bertz CT molecular complexity index is 1790. The summed E-state index contributed by atoms with van der Waals surface area (Å²) in [6.45, 7) is 10.9. The van der Waals surface area contributed by atoms with Crippen molar-refractivity contribution >= 4 is 39.8 Å². The fourth-order valence-electron chi connectivity index (χ4n) is 5.58. The Balaban J connectivity index is 1.35. The highest BCUT2D eigenvalue weighted by molar-refractivity contribution is 6.32. The molecule has 0 amide bonds. The average Bonchev–Trinajstić information content (AvgIpc) is 3.25. The third kappa shape index (κ3) is 5.60. The summed E-state index contributed by atoms with van der Waals surface area (Å²) >= 11 is 6.45. The van der Waals surface area contributed by atoms with Crippen LogP contribution in [0.25, 0.3) is 27.8 Å². The number of aromatic nitrogens is 4. The first-order valence-electron chi connectivity index (χ1n) is 14.4. The fraction of sp³-hybridized carbons (Fsp3) is 0.273. The lowest BCUT2D eigenvalue weighted by Crippen LogP contribution is -2.35. The van der Waals surface area contributed by atoms with E-state index in [4.69, 9.17) is 21.7 Å². The molecule has 9 heteroatoms. The summed E-state index contributed by atoms with van der Waals surface area (Å²) in [4.78, 5) is 27.9. The van der Waals surface area contributed by atoms with Gasteiger partial charge in [0.15, 0.2) is 0 Å². The molecule has 1 saturated heterocycles. The van der Waals surface area contributed by atoms with Crippen molar-refractivity contribution in [3.05, 3.63) is 99.9 Å². The molecule has 0 bridgehead atoms. The predicted molar refractivity (Wildman–Crippen MR) is 171 cm³/mol. The van der Waals surface area contributed by atoms with Crippen LogP contribution in [0.4, 0.5) is 17.3 Å². The van der Waals surface area contributed by atoms with Crippen LogP contribution in [0, 0.1) is 6.92 Å². The van der Waals surface area contributed by atoms with Gasteiger partial charge in [0, 0.05) is 55.4 Å². The Morgan fingerprint density at radius 1 is 0.905 bits per heavy atom. The van der Waals surface area contributed by atoms with Crippen LogP contribution >= 0.6 is 11.6 Å². The molecular weight excluding hydrogens is 546 g/mol. The highest BCUT2D eigenvalue weighted by Gasteiger charge is 2.20. The SMILES string of the molecule is Cc1cc(Nc2ncc3c(=O)n(-c4ccccc4Cl)nc(-c4ccccc4)c3n2)ccc1N1CCCN(C(C)C)CC1. The maximum atomic E-state index is 13.6. The van der Waals surface area contributed by atoms with Gasteiger partial charge in [0.25, 0.3) is 5.56 Å². The van der Waals surface area contributed by atoms with Crippen LogP contribution in [0.5, 0.6) is 0 Å². The number of halogens is 1. The van der Waals surface area contributed by atoms with Crippen LogP contribution in [0.3, 0.4) is 0 Å². The number of rotatable bonds is 6. The fourth-order valence-corrected chi connectivity index (χ4v) is 5.79. The van der Waals surface area contributed by atoms with Crippen molar-refractivity contribution in [1.29, 1.82) is 0 Å². The van der Waals surface area contributed by atoms with Gasteiger partial charge in [0.05, 0.1) is 16.1 Å². The van der Waals surface area contributed by atoms with Crippen molar-refractivity contribution in [3.8, 4) is 16.9 Å². The van der Waals surface area contributed by atoms with Crippen molar-refractivity contribution in [2.45, 2.75) is 33.2 Å². The average molecular weight is 580 g/mol. The van der Waals surface area contributed by atoms with Crippen molar-refractivity contribution in [3.63, 3.8) is 0 Å². The van der Waals surface area contributed by atoms with E-state index < -0.39 is 0 Å². The largest absolute Gasteiger partial charge is 0.370 e. The molecule has 1 fully saturated rings. The number of para-hydroxylation sites is 1. The minimum atomic E-state index is -0.335. The van der Waals surface area contributed by atoms with E-state index in [1.165, 1.54) is 15.9 Å². The number of nitrogens with one attached hydrogen (secondary N) is 1. The molecule has 2 aromatic heterocycles. The maximum absolute atomic E-state index is 13.6. The molecule has 6 rings (SSSR count). The van der Waals surface area contributed by atoms with Crippen LogP contribution in [0.1, 0.15) is 25.8 Å². The van der Waals surface area contributed by atoms with E-state index in [0.717, 1.165) is 43.9 Å². The van der Waals surface area contributed by atoms with E-state index >= 15 is 0 Å². The number of hydrogen-bond donors (Lipinski definition) is 1. The molecule has 1 N–H and O–H groups in total. The summed E-state index contributed by atoms with van der Waals surface area (Å²) in [5.41, 5.74) is 5.36. The second kappa shape index (κ2) is 11.9. The lowest BCUT2D eigenvalue weighted by atomic mass is 10.1. The zero-order chi connectivity index (χ0) is 29.2. The summed E-state index contributed by atoms with van der Waals surface area (Å²) in [5, 5.41) is 8.88. The Labute approximate surface area is 250 Å². The van der Waals surface area contributed by atoms with Crippen LogP contribution in [-0.4, -0.2) is 56.9 Å². The van der Waals surface area contributed by atoms with Crippen LogP contribution in [0.15, 0.2) is 83.8 Å². The van der Waals surface area contributed by atoms with Gasteiger partial charge in [-0.1, -0.05) is 54.1 Å². The lowest BCUT2D eigenvalue weighted by molar-refractivity contribution is 0.238. The zero-order valence-electron chi connectivity index (χ0n) is 24.1. The van der Waals surface area contributed by atoms with E-state index in [2.05, 4.69) is 59.1 Å². The molecule has 3 aromatic carbocycles. The third-order valence-electron chi connectivity index (χ3n) is 7.82. The predicted octanol–water partition coefficient (Wildman–Crippen LogP) is 6.47. The molecule has 0 aliphatic carbocycles. The van der Waals surface area contributed by atoms with Gasteiger partial charge in [-0.15, -0.1) is 0 Å².